The molecule has 0 radical (unpaired) electrons. The molecular formula is C19H18F2N2O2. The molecule has 0 heterocycles. The monoisotopic (exact) mass is 344 g/mol. The van der Waals surface area contributed by atoms with Gasteiger partial charge in [0.15, 0.2) is 11.6 Å². The van der Waals surface area contributed by atoms with Crippen LogP contribution >= 0.6 is 0 Å². The summed E-state index contributed by atoms with van der Waals surface area (Å²) in [6.07, 6.45) is 4.27. The standard InChI is InChI=1S/C19H18F2N2O2/c1-3-13-5-4-6-15(9-13)22-19(25)12-23(2)11-18(24)14-7-8-16(20)17(21)10-14/h1,4-10,18,24H,11-12H2,2H3,(H,22,25). The molecule has 1 unspecified atom stereocenters. The average molecular weight is 344 g/mol. The molecule has 6 heteroatoms. The van der Waals surface area contributed by atoms with Crippen molar-refractivity contribution in [3.63, 3.8) is 0 Å². The summed E-state index contributed by atoms with van der Waals surface area (Å²) in [6.45, 7) is 0.101. The van der Waals surface area contributed by atoms with Gasteiger partial charge in [0, 0.05) is 17.8 Å². The number of carbonyl (C=O) groups excluding carboxylic acids is 1. The third-order valence-corrected chi connectivity index (χ3v) is 3.54. The molecular weight excluding hydrogens is 326 g/mol. The van der Waals surface area contributed by atoms with Gasteiger partial charge in [-0.3, -0.25) is 9.69 Å². The van der Waals surface area contributed by atoms with Crippen LogP contribution in [0.3, 0.4) is 0 Å². The van der Waals surface area contributed by atoms with E-state index in [4.69, 9.17) is 6.42 Å². The summed E-state index contributed by atoms with van der Waals surface area (Å²) in [6, 6.07) is 10.1. The minimum atomic E-state index is -1.04. The van der Waals surface area contributed by atoms with E-state index >= 15 is 0 Å². The third kappa shape index (κ3) is 5.38. The van der Waals surface area contributed by atoms with Gasteiger partial charge in [-0.05, 0) is 42.9 Å². The molecule has 0 aromatic heterocycles. The molecule has 2 aromatic rings. The van der Waals surface area contributed by atoms with Crippen LogP contribution in [0.15, 0.2) is 42.5 Å². The predicted molar refractivity (Wildman–Crippen MR) is 91.8 cm³/mol. The van der Waals surface area contributed by atoms with Crippen LogP contribution < -0.4 is 5.32 Å². The Bertz CT molecular complexity index is 802. The molecule has 0 spiro atoms. The van der Waals surface area contributed by atoms with Crippen molar-refractivity contribution in [3.8, 4) is 12.3 Å². The van der Waals surface area contributed by atoms with E-state index in [-0.39, 0.29) is 24.6 Å². The highest BCUT2D eigenvalue weighted by Crippen LogP contribution is 2.17. The van der Waals surface area contributed by atoms with Gasteiger partial charge in [-0.15, -0.1) is 6.42 Å². The molecule has 0 saturated heterocycles. The fraction of sp³-hybridized carbons (Fsp3) is 0.211. The second-order valence-corrected chi connectivity index (χ2v) is 5.66. The maximum Gasteiger partial charge on any atom is 0.238 e. The molecule has 1 amide bonds. The van der Waals surface area contributed by atoms with Crippen LogP contribution in [0.4, 0.5) is 14.5 Å². The lowest BCUT2D eigenvalue weighted by Crippen LogP contribution is -2.33. The normalized spacial score (nSPS) is 11.8. The van der Waals surface area contributed by atoms with E-state index < -0.39 is 17.7 Å². The van der Waals surface area contributed by atoms with E-state index in [0.717, 1.165) is 12.1 Å². The Kier molecular flexibility index (Phi) is 6.23. The summed E-state index contributed by atoms with van der Waals surface area (Å²) in [7, 11) is 1.64. The highest BCUT2D eigenvalue weighted by atomic mass is 19.2. The van der Waals surface area contributed by atoms with Gasteiger partial charge in [0.05, 0.1) is 12.6 Å². The molecule has 0 saturated carbocycles. The quantitative estimate of drug-likeness (QED) is 0.792. The van der Waals surface area contributed by atoms with Crippen LogP contribution in [-0.2, 0) is 4.79 Å². The topological polar surface area (TPSA) is 52.6 Å². The Morgan fingerprint density at radius 1 is 1.28 bits per heavy atom. The van der Waals surface area contributed by atoms with Crippen molar-refractivity contribution in [2.24, 2.45) is 0 Å². The summed E-state index contributed by atoms with van der Waals surface area (Å²) < 4.78 is 26.1. The molecule has 0 aliphatic carbocycles. The first-order valence-corrected chi connectivity index (χ1v) is 7.57. The number of benzene rings is 2. The molecule has 2 N–H and O–H groups in total. The SMILES string of the molecule is C#Cc1cccc(NC(=O)CN(C)CC(O)c2ccc(F)c(F)c2)c1. The van der Waals surface area contributed by atoms with Crippen molar-refractivity contribution >= 4 is 11.6 Å². The van der Waals surface area contributed by atoms with E-state index in [2.05, 4.69) is 11.2 Å². The minimum absolute atomic E-state index is 0.0149. The van der Waals surface area contributed by atoms with Crippen LogP contribution in [0.25, 0.3) is 0 Å². The zero-order chi connectivity index (χ0) is 18.4. The van der Waals surface area contributed by atoms with Gasteiger partial charge in [-0.25, -0.2) is 8.78 Å². The van der Waals surface area contributed by atoms with Crippen LogP contribution in [0.1, 0.15) is 17.2 Å². The van der Waals surface area contributed by atoms with E-state index in [1.807, 2.05) is 0 Å². The number of aliphatic hydroxyl groups is 1. The number of hydrogen-bond acceptors (Lipinski definition) is 3. The highest BCUT2D eigenvalue weighted by molar-refractivity contribution is 5.92. The molecule has 2 rings (SSSR count). The largest absolute Gasteiger partial charge is 0.387 e. The molecule has 4 nitrogen and oxygen atoms in total. The number of aliphatic hydroxyl groups excluding tert-OH is 1. The van der Waals surface area contributed by atoms with Crippen LogP contribution in [-0.4, -0.2) is 36.1 Å². The number of nitrogens with zero attached hydrogens (tertiary/aromatic N) is 1. The summed E-state index contributed by atoms with van der Waals surface area (Å²) >= 11 is 0. The second kappa shape index (κ2) is 8.38. The minimum Gasteiger partial charge on any atom is -0.387 e. The summed E-state index contributed by atoms with van der Waals surface area (Å²) in [5, 5.41) is 12.8. The van der Waals surface area contributed by atoms with Crippen molar-refractivity contribution in [3.05, 3.63) is 65.2 Å². The number of anilines is 1. The smallest absolute Gasteiger partial charge is 0.238 e. The average Bonchev–Trinajstić information content (AvgIpc) is 2.57. The Morgan fingerprint density at radius 2 is 2.04 bits per heavy atom. The first-order valence-electron chi connectivity index (χ1n) is 7.57. The Morgan fingerprint density at radius 3 is 2.72 bits per heavy atom. The van der Waals surface area contributed by atoms with Crippen molar-refractivity contribution in [2.45, 2.75) is 6.10 Å². The summed E-state index contributed by atoms with van der Waals surface area (Å²) in [5.41, 5.74) is 1.47. The number of halogens is 2. The molecule has 2 aromatic carbocycles. The van der Waals surface area contributed by atoms with E-state index in [9.17, 15) is 18.7 Å². The fourth-order valence-corrected chi connectivity index (χ4v) is 2.32. The summed E-state index contributed by atoms with van der Waals surface area (Å²) in [4.78, 5) is 13.6. The Hall–Kier alpha value is -2.75. The van der Waals surface area contributed by atoms with E-state index in [0.29, 0.717) is 11.3 Å². The first-order chi connectivity index (χ1) is 11.9. The van der Waals surface area contributed by atoms with Gasteiger partial charge in [-0.2, -0.15) is 0 Å². The van der Waals surface area contributed by atoms with Gasteiger partial charge >= 0.3 is 0 Å². The number of rotatable bonds is 6. The van der Waals surface area contributed by atoms with Crippen LogP contribution in [0.2, 0.25) is 0 Å². The lowest BCUT2D eigenvalue weighted by molar-refractivity contribution is -0.117. The number of likely N-dealkylation sites (N-methyl/N-ethyl adjacent to an activating group) is 1. The molecule has 0 bridgehead atoms. The molecule has 0 fully saturated rings. The van der Waals surface area contributed by atoms with E-state index in [1.54, 1.807) is 36.2 Å². The van der Waals surface area contributed by atoms with Gasteiger partial charge in [-0.1, -0.05) is 18.1 Å². The molecule has 0 aliphatic heterocycles. The maximum absolute atomic E-state index is 13.2. The Labute approximate surface area is 145 Å². The van der Waals surface area contributed by atoms with Gasteiger partial charge in [0.1, 0.15) is 0 Å². The van der Waals surface area contributed by atoms with Gasteiger partial charge in [0.25, 0.3) is 0 Å². The number of nitrogens with one attached hydrogen (secondary N) is 1. The third-order valence-electron chi connectivity index (χ3n) is 3.54. The van der Waals surface area contributed by atoms with E-state index in [1.165, 1.54) is 6.07 Å². The van der Waals surface area contributed by atoms with Crippen molar-refractivity contribution in [1.82, 2.24) is 4.90 Å². The second-order valence-electron chi connectivity index (χ2n) is 5.66. The number of terminal acetylenes is 1. The Balaban J connectivity index is 1.90. The summed E-state index contributed by atoms with van der Waals surface area (Å²) in [5.74, 6) is 0.202. The zero-order valence-corrected chi connectivity index (χ0v) is 13.7. The lowest BCUT2D eigenvalue weighted by Gasteiger charge is -2.20. The molecule has 25 heavy (non-hydrogen) atoms. The van der Waals surface area contributed by atoms with Crippen molar-refractivity contribution in [1.29, 1.82) is 0 Å². The predicted octanol–water partition coefficient (Wildman–Crippen LogP) is 2.55. The fourth-order valence-electron chi connectivity index (χ4n) is 2.32. The molecule has 1 atom stereocenters. The van der Waals surface area contributed by atoms with Crippen LogP contribution in [0.5, 0.6) is 0 Å². The molecule has 0 aliphatic rings. The maximum atomic E-state index is 13.2. The zero-order valence-electron chi connectivity index (χ0n) is 13.7. The highest BCUT2D eigenvalue weighted by Gasteiger charge is 2.15. The lowest BCUT2D eigenvalue weighted by atomic mass is 10.1. The number of carbonyl (C=O) groups is 1. The number of hydrogen-bond donors (Lipinski definition) is 2. The van der Waals surface area contributed by atoms with Gasteiger partial charge < -0.3 is 10.4 Å². The first kappa shape index (κ1) is 18.6. The van der Waals surface area contributed by atoms with Crippen LogP contribution in [0, 0.1) is 24.0 Å². The number of amides is 1. The van der Waals surface area contributed by atoms with Gasteiger partial charge in [0.2, 0.25) is 5.91 Å². The van der Waals surface area contributed by atoms with Crippen molar-refractivity contribution < 1.29 is 18.7 Å². The van der Waals surface area contributed by atoms with Crippen molar-refractivity contribution in [2.75, 3.05) is 25.5 Å². The molecule has 130 valence electrons.